The minimum absolute atomic E-state index is 0.708. The van der Waals surface area contributed by atoms with Gasteiger partial charge in [0.2, 0.25) is 0 Å². The van der Waals surface area contributed by atoms with E-state index in [-0.39, 0.29) is 0 Å². The number of hydrogen-bond acceptors (Lipinski definition) is 3. The monoisotopic (exact) mass is 212 g/mol. The fourth-order valence-corrected chi connectivity index (χ4v) is 2.84. The third kappa shape index (κ3) is 2.92. The Morgan fingerprint density at radius 1 is 1.47 bits per heavy atom. The van der Waals surface area contributed by atoms with Crippen LogP contribution < -0.4 is 5.32 Å². The fraction of sp³-hybridized carbons (Fsp3) is 1.00. The molecular weight excluding hydrogens is 188 g/mol. The van der Waals surface area contributed by atoms with E-state index in [9.17, 15) is 0 Å². The number of nitrogens with zero attached hydrogens (tertiary/aromatic N) is 1. The first-order chi connectivity index (χ1) is 7.27. The molecule has 0 amide bonds. The average Bonchev–Trinajstić information content (AvgIpc) is 2.41. The summed E-state index contributed by atoms with van der Waals surface area (Å²) in [6, 6.07) is 0.760. The zero-order valence-corrected chi connectivity index (χ0v) is 10.0. The Labute approximate surface area is 93.2 Å². The van der Waals surface area contributed by atoms with Gasteiger partial charge in [-0.1, -0.05) is 13.8 Å². The van der Waals surface area contributed by atoms with E-state index in [1.54, 1.807) is 0 Å². The first-order valence-electron chi connectivity index (χ1n) is 6.30. The number of hydrogen-bond donors (Lipinski definition) is 1. The van der Waals surface area contributed by atoms with Crippen LogP contribution in [0.1, 0.15) is 20.3 Å². The lowest BCUT2D eigenvalue weighted by molar-refractivity contribution is 0.0992. The number of piperidine rings is 1. The minimum atomic E-state index is 0.708. The Balaban J connectivity index is 1.99. The van der Waals surface area contributed by atoms with Gasteiger partial charge in [0.1, 0.15) is 0 Å². The molecule has 2 unspecified atom stereocenters. The van der Waals surface area contributed by atoms with Crippen LogP contribution in [0.3, 0.4) is 0 Å². The van der Waals surface area contributed by atoms with Crippen LogP contribution >= 0.6 is 0 Å². The Bertz CT molecular complexity index is 196. The van der Waals surface area contributed by atoms with E-state index in [0.717, 1.165) is 38.3 Å². The lowest BCUT2D eigenvalue weighted by Crippen LogP contribution is -2.50. The van der Waals surface area contributed by atoms with Gasteiger partial charge >= 0.3 is 0 Å². The van der Waals surface area contributed by atoms with Gasteiger partial charge in [0.25, 0.3) is 0 Å². The van der Waals surface area contributed by atoms with Gasteiger partial charge in [0.05, 0.1) is 13.2 Å². The van der Waals surface area contributed by atoms with Crippen molar-refractivity contribution in [3.05, 3.63) is 0 Å². The van der Waals surface area contributed by atoms with Crippen molar-refractivity contribution in [3.63, 3.8) is 0 Å². The molecule has 0 aromatic heterocycles. The van der Waals surface area contributed by atoms with Crippen LogP contribution in [-0.2, 0) is 4.74 Å². The van der Waals surface area contributed by atoms with Gasteiger partial charge in [-0.25, -0.2) is 0 Å². The molecule has 2 fully saturated rings. The molecule has 0 saturated carbocycles. The summed E-state index contributed by atoms with van der Waals surface area (Å²) in [5, 5.41) is 3.48. The summed E-state index contributed by atoms with van der Waals surface area (Å²) >= 11 is 0. The predicted octanol–water partition coefficient (Wildman–Crippen LogP) is 0.953. The van der Waals surface area contributed by atoms with E-state index in [1.165, 1.54) is 19.5 Å². The highest BCUT2D eigenvalue weighted by Gasteiger charge is 2.32. The van der Waals surface area contributed by atoms with Crippen molar-refractivity contribution in [1.29, 1.82) is 0 Å². The number of rotatable bonds is 2. The highest BCUT2D eigenvalue weighted by molar-refractivity contribution is 4.87. The summed E-state index contributed by atoms with van der Waals surface area (Å²) < 4.78 is 5.69. The molecule has 0 aromatic carbocycles. The highest BCUT2D eigenvalue weighted by atomic mass is 16.5. The summed E-state index contributed by atoms with van der Waals surface area (Å²) in [7, 11) is 0. The first-order valence-corrected chi connectivity index (χ1v) is 6.30. The van der Waals surface area contributed by atoms with Gasteiger partial charge in [-0.05, 0) is 18.9 Å². The number of fused-ring (bicyclic) bond motifs is 1. The molecule has 2 heterocycles. The largest absolute Gasteiger partial charge is 0.380 e. The van der Waals surface area contributed by atoms with Crippen molar-refractivity contribution in [2.45, 2.75) is 26.3 Å². The second-order valence-electron chi connectivity index (χ2n) is 5.28. The normalized spacial score (nSPS) is 33.8. The lowest BCUT2D eigenvalue weighted by atomic mass is 9.92. The number of nitrogens with one attached hydrogen (secondary N) is 1. The topological polar surface area (TPSA) is 24.5 Å². The molecule has 88 valence electrons. The average molecular weight is 212 g/mol. The summed E-state index contributed by atoms with van der Waals surface area (Å²) in [5.74, 6) is 1.47. The maximum Gasteiger partial charge on any atom is 0.0593 e. The molecule has 3 heteroatoms. The molecule has 0 radical (unpaired) electrons. The number of ether oxygens (including phenoxy) is 1. The van der Waals surface area contributed by atoms with Gasteiger partial charge in [-0.2, -0.15) is 0 Å². The van der Waals surface area contributed by atoms with E-state index < -0.39 is 0 Å². The van der Waals surface area contributed by atoms with E-state index in [4.69, 9.17) is 4.74 Å². The smallest absolute Gasteiger partial charge is 0.0593 e. The Kier molecular flexibility index (Phi) is 4.00. The SMILES string of the molecule is CC(C)CN1CCOCC2CNCCC21. The standard InChI is InChI=1S/C12H24N2O/c1-10(2)8-14-5-6-15-9-11-7-13-4-3-12(11)14/h10-13H,3-9H2,1-2H3. The summed E-state index contributed by atoms with van der Waals surface area (Å²) in [4.78, 5) is 2.66. The summed E-state index contributed by atoms with van der Waals surface area (Å²) in [5.41, 5.74) is 0. The van der Waals surface area contributed by atoms with Gasteiger partial charge in [-0.15, -0.1) is 0 Å². The maximum absolute atomic E-state index is 5.69. The van der Waals surface area contributed by atoms with E-state index in [0.29, 0.717) is 5.92 Å². The van der Waals surface area contributed by atoms with E-state index >= 15 is 0 Å². The molecule has 0 aliphatic carbocycles. The molecule has 2 saturated heterocycles. The van der Waals surface area contributed by atoms with Crippen molar-refractivity contribution in [2.75, 3.05) is 39.4 Å². The molecule has 2 aliphatic heterocycles. The Hall–Kier alpha value is -0.120. The molecule has 15 heavy (non-hydrogen) atoms. The molecule has 0 bridgehead atoms. The third-order valence-corrected chi connectivity index (χ3v) is 3.49. The second kappa shape index (κ2) is 5.28. The van der Waals surface area contributed by atoms with Gasteiger partial charge in [0.15, 0.2) is 0 Å². The van der Waals surface area contributed by atoms with Crippen LogP contribution in [0.4, 0.5) is 0 Å². The quantitative estimate of drug-likeness (QED) is 0.737. The minimum Gasteiger partial charge on any atom is -0.380 e. The van der Waals surface area contributed by atoms with Crippen LogP contribution in [0, 0.1) is 11.8 Å². The summed E-state index contributed by atoms with van der Waals surface area (Å²) in [6.45, 7) is 11.1. The zero-order chi connectivity index (χ0) is 10.7. The van der Waals surface area contributed by atoms with E-state index in [1.807, 2.05) is 0 Å². The molecular formula is C12H24N2O. The zero-order valence-electron chi connectivity index (χ0n) is 10.0. The van der Waals surface area contributed by atoms with Crippen molar-refractivity contribution in [1.82, 2.24) is 10.2 Å². The van der Waals surface area contributed by atoms with Gasteiger partial charge in [-0.3, -0.25) is 4.90 Å². The Morgan fingerprint density at radius 2 is 2.33 bits per heavy atom. The molecule has 0 aromatic rings. The van der Waals surface area contributed by atoms with Crippen LogP contribution in [0.25, 0.3) is 0 Å². The summed E-state index contributed by atoms with van der Waals surface area (Å²) in [6.07, 6.45) is 1.29. The van der Waals surface area contributed by atoms with Crippen LogP contribution in [0.5, 0.6) is 0 Å². The van der Waals surface area contributed by atoms with Crippen LogP contribution in [-0.4, -0.2) is 50.3 Å². The van der Waals surface area contributed by atoms with E-state index in [2.05, 4.69) is 24.1 Å². The highest BCUT2D eigenvalue weighted by Crippen LogP contribution is 2.22. The maximum atomic E-state index is 5.69. The van der Waals surface area contributed by atoms with Crippen molar-refractivity contribution < 1.29 is 4.74 Å². The molecule has 2 rings (SSSR count). The molecule has 2 atom stereocenters. The molecule has 0 spiro atoms. The lowest BCUT2D eigenvalue weighted by Gasteiger charge is -2.38. The predicted molar refractivity (Wildman–Crippen MR) is 62.0 cm³/mol. The van der Waals surface area contributed by atoms with Crippen LogP contribution in [0.2, 0.25) is 0 Å². The molecule has 1 N–H and O–H groups in total. The van der Waals surface area contributed by atoms with Crippen molar-refractivity contribution in [3.8, 4) is 0 Å². The van der Waals surface area contributed by atoms with Crippen molar-refractivity contribution >= 4 is 0 Å². The second-order valence-corrected chi connectivity index (χ2v) is 5.28. The Morgan fingerprint density at radius 3 is 3.13 bits per heavy atom. The molecule has 2 aliphatic rings. The van der Waals surface area contributed by atoms with Gasteiger partial charge < -0.3 is 10.1 Å². The third-order valence-electron chi connectivity index (χ3n) is 3.49. The van der Waals surface area contributed by atoms with Crippen molar-refractivity contribution in [2.24, 2.45) is 11.8 Å². The van der Waals surface area contributed by atoms with Crippen LogP contribution in [0.15, 0.2) is 0 Å². The van der Waals surface area contributed by atoms with Gasteiger partial charge in [0, 0.05) is 31.6 Å². The molecule has 3 nitrogen and oxygen atoms in total. The first kappa shape index (κ1) is 11.4. The fourth-order valence-electron chi connectivity index (χ4n) is 2.84.